The number of ether oxygens (including phenoxy) is 1. The zero-order chi connectivity index (χ0) is 17.7. The summed E-state index contributed by atoms with van der Waals surface area (Å²) in [5.74, 6) is 0. The van der Waals surface area contributed by atoms with E-state index in [1.165, 1.54) is 22.3 Å². The van der Waals surface area contributed by atoms with Crippen LogP contribution in [-0.2, 0) is 17.6 Å². The third-order valence-electron chi connectivity index (χ3n) is 3.95. The topological polar surface area (TPSA) is 9.23 Å². The SMILES string of the molecule is C=CC(=CCOCC=C(C=C)Cc1ccccc1)Cc1ccccc1. The lowest BCUT2D eigenvalue weighted by Gasteiger charge is -2.05. The Morgan fingerprint density at radius 1 is 0.680 bits per heavy atom. The van der Waals surface area contributed by atoms with Crippen molar-refractivity contribution in [2.75, 3.05) is 13.2 Å². The molecule has 0 atom stereocenters. The smallest absolute Gasteiger partial charge is 0.0657 e. The van der Waals surface area contributed by atoms with Crippen LogP contribution in [0.15, 0.2) is 109 Å². The van der Waals surface area contributed by atoms with E-state index in [1.54, 1.807) is 0 Å². The van der Waals surface area contributed by atoms with Crippen molar-refractivity contribution >= 4 is 0 Å². The molecule has 1 nitrogen and oxygen atoms in total. The summed E-state index contributed by atoms with van der Waals surface area (Å²) in [5.41, 5.74) is 4.93. The van der Waals surface area contributed by atoms with Crippen LogP contribution in [0.4, 0.5) is 0 Å². The van der Waals surface area contributed by atoms with Gasteiger partial charge in [0.15, 0.2) is 0 Å². The van der Waals surface area contributed by atoms with E-state index < -0.39 is 0 Å². The predicted molar refractivity (Wildman–Crippen MR) is 108 cm³/mol. The fourth-order valence-electron chi connectivity index (χ4n) is 2.52. The molecule has 0 saturated carbocycles. The summed E-state index contributed by atoms with van der Waals surface area (Å²) >= 11 is 0. The molecule has 0 aliphatic heterocycles. The van der Waals surface area contributed by atoms with Gasteiger partial charge in [-0.1, -0.05) is 98.1 Å². The number of hydrogen-bond acceptors (Lipinski definition) is 1. The van der Waals surface area contributed by atoms with Crippen LogP contribution in [-0.4, -0.2) is 13.2 Å². The van der Waals surface area contributed by atoms with Gasteiger partial charge >= 0.3 is 0 Å². The Kier molecular flexibility index (Phi) is 8.23. The lowest BCUT2D eigenvalue weighted by Crippen LogP contribution is -1.96. The van der Waals surface area contributed by atoms with E-state index in [1.807, 2.05) is 24.3 Å². The van der Waals surface area contributed by atoms with Crippen molar-refractivity contribution in [1.29, 1.82) is 0 Å². The minimum atomic E-state index is 0.584. The molecule has 0 spiro atoms. The Morgan fingerprint density at radius 2 is 1.08 bits per heavy atom. The standard InChI is InChI=1S/C24H26O/c1-3-21(19-23-11-7-5-8-12-23)15-17-25-18-16-22(4-2)20-24-13-9-6-10-14-24/h3-16H,1-2,17-20H2. The summed E-state index contributed by atoms with van der Waals surface area (Å²) < 4.78 is 5.73. The lowest BCUT2D eigenvalue weighted by molar-refractivity contribution is 0.193. The van der Waals surface area contributed by atoms with Crippen LogP contribution in [0.25, 0.3) is 0 Å². The van der Waals surface area contributed by atoms with Crippen molar-refractivity contribution in [3.05, 3.63) is 120 Å². The molecule has 128 valence electrons. The first-order valence-corrected chi connectivity index (χ1v) is 8.60. The van der Waals surface area contributed by atoms with Gasteiger partial charge in [0.2, 0.25) is 0 Å². The van der Waals surface area contributed by atoms with E-state index in [0.29, 0.717) is 13.2 Å². The summed E-state index contributed by atoms with van der Waals surface area (Å²) in [5, 5.41) is 0. The van der Waals surface area contributed by atoms with Gasteiger partial charge in [0.05, 0.1) is 13.2 Å². The summed E-state index contributed by atoms with van der Waals surface area (Å²) in [6.07, 6.45) is 9.76. The average Bonchev–Trinajstić information content (AvgIpc) is 2.67. The number of benzene rings is 2. The molecule has 2 rings (SSSR count). The molecule has 2 aromatic rings. The summed E-state index contributed by atoms with van der Waals surface area (Å²) in [7, 11) is 0. The first-order chi connectivity index (χ1) is 12.3. The molecule has 0 fully saturated rings. The number of hydrogen-bond donors (Lipinski definition) is 0. The van der Waals surface area contributed by atoms with Crippen molar-refractivity contribution in [3.63, 3.8) is 0 Å². The molecule has 0 radical (unpaired) electrons. The molecule has 0 bridgehead atoms. The van der Waals surface area contributed by atoms with E-state index in [4.69, 9.17) is 4.74 Å². The molecule has 25 heavy (non-hydrogen) atoms. The number of allylic oxidation sites excluding steroid dienone is 4. The normalized spacial score (nSPS) is 12.0. The van der Waals surface area contributed by atoms with Crippen molar-refractivity contribution in [2.24, 2.45) is 0 Å². The van der Waals surface area contributed by atoms with Crippen LogP contribution in [0.2, 0.25) is 0 Å². The zero-order valence-corrected chi connectivity index (χ0v) is 14.7. The van der Waals surface area contributed by atoms with Crippen molar-refractivity contribution in [1.82, 2.24) is 0 Å². The van der Waals surface area contributed by atoms with Crippen LogP contribution in [0.5, 0.6) is 0 Å². The highest BCUT2D eigenvalue weighted by Gasteiger charge is 1.97. The third kappa shape index (κ3) is 7.19. The Bertz CT molecular complexity index is 645. The molecule has 0 amide bonds. The fourth-order valence-corrected chi connectivity index (χ4v) is 2.52. The van der Waals surface area contributed by atoms with E-state index in [-0.39, 0.29) is 0 Å². The molecular formula is C24H26O. The quantitative estimate of drug-likeness (QED) is 0.400. The van der Waals surface area contributed by atoms with Crippen LogP contribution in [0.1, 0.15) is 11.1 Å². The maximum absolute atomic E-state index is 5.73. The van der Waals surface area contributed by atoms with Gasteiger partial charge in [-0.2, -0.15) is 0 Å². The fraction of sp³-hybridized carbons (Fsp3) is 0.167. The second-order valence-electron chi connectivity index (χ2n) is 5.83. The third-order valence-corrected chi connectivity index (χ3v) is 3.95. The van der Waals surface area contributed by atoms with Crippen molar-refractivity contribution in [3.8, 4) is 0 Å². The summed E-state index contributed by atoms with van der Waals surface area (Å²) in [6, 6.07) is 20.8. The molecular weight excluding hydrogens is 304 g/mol. The molecule has 2 aromatic carbocycles. The summed E-state index contributed by atoms with van der Waals surface area (Å²) in [6.45, 7) is 8.96. The highest BCUT2D eigenvalue weighted by atomic mass is 16.5. The first kappa shape index (κ1) is 18.7. The van der Waals surface area contributed by atoms with Gasteiger partial charge in [-0.05, 0) is 35.1 Å². The first-order valence-electron chi connectivity index (χ1n) is 8.60. The average molecular weight is 330 g/mol. The highest BCUT2D eigenvalue weighted by molar-refractivity contribution is 5.28. The van der Waals surface area contributed by atoms with Gasteiger partial charge in [0.25, 0.3) is 0 Å². The Morgan fingerprint density at radius 3 is 1.44 bits per heavy atom. The van der Waals surface area contributed by atoms with Gasteiger partial charge in [-0.25, -0.2) is 0 Å². The van der Waals surface area contributed by atoms with E-state index >= 15 is 0 Å². The Labute approximate surface area is 151 Å². The van der Waals surface area contributed by atoms with E-state index in [2.05, 4.69) is 73.8 Å². The molecule has 0 heterocycles. The molecule has 0 unspecified atom stereocenters. The maximum Gasteiger partial charge on any atom is 0.0657 e. The van der Waals surface area contributed by atoms with Crippen molar-refractivity contribution < 1.29 is 4.74 Å². The molecule has 0 N–H and O–H groups in total. The van der Waals surface area contributed by atoms with Gasteiger partial charge in [-0.15, -0.1) is 0 Å². The monoisotopic (exact) mass is 330 g/mol. The van der Waals surface area contributed by atoms with E-state index in [9.17, 15) is 0 Å². The largest absolute Gasteiger partial charge is 0.373 e. The van der Waals surface area contributed by atoms with Crippen LogP contribution < -0.4 is 0 Å². The second kappa shape index (κ2) is 11.0. The van der Waals surface area contributed by atoms with E-state index in [0.717, 1.165) is 12.8 Å². The minimum absolute atomic E-state index is 0.584. The van der Waals surface area contributed by atoms with Crippen molar-refractivity contribution in [2.45, 2.75) is 12.8 Å². The van der Waals surface area contributed by atoms with Gasteiger partial charge in [0.1, 0.15) is 0 Å². The molecule has 0 aliphatic rings. The van der Waals surface area contributed by atoms with Gasteiger partial charge < -0.3 is 4.74 Å². The highest BCUT2D eigenvalue weighted by Crippen LogP contribution is 2.10. The predicted octanol–water partition coefficient (Wildman–Crippen LogP) is 5.71. The summed E-state index contributed by atoms with van der Waals surface area (Å²) in [4.78, 5) is 0. The minimum Gasteiger partial charge on any atom is -0.373 e. The van der Waals surface area contributed by atoms with Crippen LogP contribution in [0.3, 0.4) is 0 Å². The number of rotatable bonds is 10. The lowest BCUT2D eigenvalue weighted by atomic mass is 10.1. The van der Waals surface area contributed by atoms with Gasteiger partial charge in [-0.3, -0.25) is 0 Å². The Balaban J connectivity index is 1.79. The zero-order valence-electron chi connectivity index (χ0n) is 14.7. The van der Waals surface area contributed by atoms with Crippen LogP contribution >= 0.6 is 0 Å². The second-order valence-corrected chi connectivity index (χ2v) is 5.83. The Hall–Kier alpha value is -2.64. The van der Waals surface area contributed by atoms with Crippen LogP contribution in [0, 0.1) is 0 Å². The maximum atomic E-state index is 5.73. The molecule has 0 aromatic heterocycles. The molecule has 0 aliphatic carbocycles. The van der Waals surface area contributed by atoms with Gasteiger partial charge in [0, 0.05) is 0 Å². The molecule has 0 saturated heterocycles. The molecule has 1 heteroatoms.